The zero-order valence-corrected chi connectivity index (χ0v) is 20.7. The fourth-order valence-corrected chi connectivity index (χ4v) is 5.68. The lowest BCUT2D eigenvalue weighted by Crippen LogP contribution is -2.35. The van der Waals surface area contributed by atoms with Crippen molar-refractivity contribution >= 4 is 45.7 Å². The molecule has 35 heavy (non-hydrogen) atoms. The van der Waals surface area contributed by atoms with E-state index < -0.39 is 23.0 Å². The number of halogens is 2. The summed E-state index contributed by atoms with van der Waals surface area (Å²) in [5.74, 6) is -2.68. The number of aromatic nitrogens is 1. The molecule has 0 radical (unpaired) electrons. The number of piperidine rings is 1. The highest BCUT2D eigenvalue weighted by molar-refractivity contribution is 7.97. The predicted octanol–water partition coefficient (Wildman–Crippen LogP) is 4.29. The molecule has 11 heteroatoms. The minimum atomic E-state index is -0.921. The zero-order chi connectivity index (χ0) is 24.9. The molecule has 0 spiro atoms. The second-order valence-electron chi connectivity index (χ2n) is 7.95. The van der Waals surface area contributed by atoms with Crippen LogP contribution < -0.4 is 22.1 Å². The number of nitrogens with two attached hydrogens (primary N) is 2. The first-order chi connectivity index (χ1) is 16.9. The number of hydrogen-bond acceptors (Lipinski definition) is 9. The van der Waals surface area contributed by atoms with Crippen LogP contribution in [0.3, 0.4) is 0 Å². The van der Waals surface area contributed by atoms with Gasteiger partial charge in [-0.3, -0.25) is 4.79 Å². The molecule has 4 rings (SSSR count). The van der Waals surface area contributed by atoms with Crippen LogP contribution in [0.25, 0.3) is 5.70 Å². The van der Waals surface area contributed by atoms with Crippen molar-refractivity contribution in [2.45, 2.75) is 23.8 Å². The third-order valence-corrected chi connectivity index (χ3v) is 7.77. The van der Waals surface area contributed by atoms with Crippen molar-refractivity contribution in [3.8, 4) is 0 Å². The molecule has 6 N–H and O–H groups in total. The van der Waals surface area contributed by atoms with E-state index in [1.165, 1.54) is 6.07 Å². The first-order valence-corrected chi connectivity index (χ1v) is 12.6. The summed E-state index contributed by atoms with van der Waals surface area (Å²) in [5, 5.41) is 6.86. The molecule has 0 saturated carbocycles. The molecule has 1 aliphatic heterocycles. The van der Waals surface area contributed by atoms with E-state index >= 15 is 0 Å². The largest absolute Gasteiger partial charge is 0.403 e. The summed E-state index contributed by atoms with van der Waals surface area (Å²) in [5.41, 5.74) is 12.8. The van der Waals surface area contributed by atoms with Crippen LogP contribution in [-0.2, 0) is 0 Å². The van der Waals surface area contributed by atoms with Gasteiger partial charge in [-0.1, -0.05) is 29.5 Å². The molecule has 1 aliphatic rings. The fraction of sp³-hybridized carbons (Fsp3) is 0.250. The highest BCUT2D eigenvalue weighted by atomic mass is 32.2. The molecule has 2 aromatic carbocycles. The maximum Gasteiger partial charge on any atom is 0.212 e. The summed E-state index contributed by atoms with van der Waals surface area (Å²) >= 11 is 2.72. The Morgan fingerprint density at radius 2 is 1.83 bits per heavy atom. The molecule has 0 atom stereocenters. The van der Waals surface area contributed by atoms with Gasteiger partial charge in [0.15, 0.2) is 5.13 Å². The summed E-state index contributed by atoms with van der Waals surface area (Å²) in [6.45, 7) is 1.73. The normalized spacial score (nSPS) is 15.2. The van der Waals surface area contributed by atoms with Crippen LogP contribution in [0.2, 0.25) is 0 Å². The van der Waals surface area contributed by atoms with Crippen LogP contribution in [0.5, 0.6) is 0 Å². The molecule has 3 aromatic rings. The average Bonchev–Trinajstić information content (AvgIpc) is 3.22. The molecule has 0 amide bonds. The molecule has 0 bridgehead atoms. The van der Waals surface area contributed by atoms with Crippen molar-refractivity contribution in [2.75, 3.05) is 31.2 Å². The second kappa shape index (κ2) is 11.1. The van der Waals surface area contributed by atoms with Crippen molar-refractivity contribution in [2.24, 2.45) is 5.73 Å². The van der Waals surface area contributed by atoms with Gasteiger partial charge in [-0.05, 0) is 54.6 Å². The quantitative estimate of drug-likeness (QED) is 0.259. The van der Waals surface area contributed by atoms with Crippen LogP contribution in [0.4, 0.5) is 19.7 Å². The topological polar surface area (TPSA) is 109 Å². The third-order valence-electron chi connectivity index (χ3n) is 5.67. The molecule has 184 valence electrons. The van der Waals surface area contributed by atoms with Gasteiger partial charge in [-0.25, -0.2) is 18.1 Å². The Morgan fingerprint density at radius 1 is 1.17 bits per heavy atom. The van der Waals surface area contributed by atoms with E-state index in [0.29, 0.717) is 5.13 Å². The van der Waals surface area contributed by atoms with E-state index in [0.717, 1.165) is 65.6 Å². The van der Waals surface area contributed by atoms with Gasteiger partial charge in [0.05, 0.1) is 11.3 Å². The molecular formula is C24H26F2N6OS2. The molecule has 2 heterocycles. The minimum Gasteiger partial charge on any atom is -0.403 e. The van der Waals surface area contributed by atoms with Gasteiger partial charge in [-0.2, -0.15) is 0 Å². The number of benzene rings is 2. The number of nitrogens with one attached hydrogen (secondary N) is 2. The summed E-state index contributed by atoms with van der Waals surface area (Å²) < 4.78 is 30.4. The Bertz CT molecular complexity index is 1200. The van der Waals surface area contributed by atoms with Crippen LogP contribution in [-0.4, -0.2) is 41.3 Å². The average molecular weight is 517 g/mol. The number of nitrogens with zero attached hydrogens (tertiary/aromatic N) is 2. The minimum absolute atomic E-state index is 0.0267. The number of carbonyl (C=O) groups excluding carboxylic acids is 1. The zero-order valence-electron chi connectivity index (χ0n) is 19.1. The van der Waals surface area contributed by atoms with Gasteiger partial charge < -0.3 is 22.1 Å². The van der Waals surface area contributed by atoms with Crippen LogP contribution in [0, 0.1) is 11.6 Å². The van der Waals surface area contributed by atoms with Crippen molar-refractivity contribution < 1.29 is 13.6 Å². The van der Waals surface area contributed by atoms with Gasteiger partial charge in [0.2, 0.25) is 5.78 Å². The van der Waals surface area contributed by atoms with Gasteiger partial charge >= 0.3 is 0 Å². The summed E-state index contributed by atoms with van der Waals surface area (Å²) in [6, 6.07) is 11.7. The lowest BCUT2D eigenvalue weighted by molar-refractivity contribution is 0.103. The van der Waals surface area contributed by atoms with Crippen molar-refractivity contribution in [1.29, 1.82) is 0 Å². The Labute approximate surface area is 210 Å². The molecule has 0 aliphatic carbocycles. The van der Waals surface area contributed by atoms with E-state index in [1.807, 2.05) is 19.2 Å². The molecule has 0 unspecified atom stereocenters. The summed E-state index contributed by atoms with van der Waals surface area (Å²) in [4.78, 5) is 18.1. The number of nitrogen functional groups attached to an aromatic ring is 1. The van der Waals surface area contributed by atoms with Crippen LogP contribution in [0.15, 0.2) is 53.6 Å². The van der Waals surface area contributed by atoms with Gasteiger partial charge in [0.25, 0.3) is 0 Å². The molecular weight excluding hydrogens is 490 g/mol. The highest BCUT2D eigenvalue weighted by Gasteiger charge is 2.26. The predicted molar refractivity (Wildman–Crippen MR) is 138 cm³/mol. The molecule has 1 saturated heterocycles. The van der Waals surface area contributed by atoms with Gasteiger partial charge in [0.1, 0.15) is 22.3 Å². The van der Waals surface area contributed by atoms with Crippen LogP contribution in [0.1, 0.15) is 33.6 Å². The van der Waals surface area contributed by atoms with E-state index in [2.05, 4.69) is 32.1 Å². The Balaban J connectivity index is 1.33. The number of carbonyl (C=O) groups is 1. The monoisotopic (exact) mass is 516 g/mol. The summed E-state index contributed by atoms with van der Waals surface area (Å²) in [7, 11) is 1.83. The second-order valence-corrected chi connectivity index (χ2v) is 10.1. The first-order valence-electron chi connectivity index (χ1n) is 11.0. The van der Waals surface area contributed by atoms with E-state index in [9.17, 15) is 13.6 Å². The lowest BCUT2D eigenvalue weighted by atomic mass is 10.1. The lowest BCUT2D eigenvalue weighted by Gasteiger charge is -2.31. The number of rotatable bonds is 8. The Morgan fingerprint density at radius 3 is 2.43 bits per heavy atom. The van der Waals surface area contributed by atoms with E-state index in [1.54, 1.807) is 18.1 Å². The molecule has 1 fully saturated rings. The number of thiazole rings is 1. The summed E-state index contributed by atoms with van der Waals surface area (Å²) in [6.07, 6.45) is 3.29. The molecule has 7 nitrogen and oxygen atoms in total. The maximum atomic E-state index is 14.0. The SMILES string of the molecule is CN/C(=C\N)c1ccc(SN2CCC(Nc3nc(N)c(C(=O)c4c(F)cccc4F)s3)CC2)cc1. The molecule has 1 aromatic heterocycles. The third kappa shape index (κ3) is 5.75. The van der Waals surface area contributed by atoms with Crippen molar-refractivity contribution in [3.05, 3.63) is 76.3 Å². The Kier molecular flexibility index (Phi) is 7.89. The van der Waals surface area contributed by atoms with Gasteiger partial charge in [-0.15, -0.1) is 0 Å². The first kappa shape index (κ1) is 25.0. The van der Waals surface area contributed by atoms with E-state index in [4.69, 9.17) is 11.5 Å². The Hall–Kier alpha value is -3.15. The van der Waals surface area contributed by atoms with E-state index in [-0.39, 0.29) is 16.7 Å². The van der Waals surface area contributed by atoms with Gasteiger partial charge in [0, 0.05) is 37.3 Å². The number of anilines is 2. The van der Waals surface area contributed by atoms with Crippen molar-refractivity contribution in [3.63, 3.8) is 0 Å². The highest BCUT2D eigenvalue weighted by Crippen LogP contribution is 2.32. The van der Waals surface area contributed by atoms with Crippen LogP contribution >= 0.6 is 23.3 Å². The standard InChI is InChI=1S/C24H26F2N6OS2/c1-29-19(13-27)14-5-7-16(8-6-14)35-32-11-9-15(10-12-32)30-24-31-23(28)22(34-24)21(33)20-17(25)3-2-4-18(20)26/h2-8,13,15,29H,9-12,27-28H2,1H3,(H,30,31)/b19-13-. The number of ketones is 1. The number of hydrogen-bond donors (Lipinski definition) is 4. The fourth-order valence-electron chi connectivity index (χ4n) is 3.82. The maximum absolute atomic E-state index is 14.0. The smallest absolute Gasteiger partial charge is 0.212 e. The van der Waals surface area contributed by atoms with Crippen molar-refractivity contribution in [1.82, 2.24) is 14.6 Å².